The van der Waals surface area contributed by atoms with E-state index in [0.29, 0.717) is 34.3 Å². The van der Waals surface area contributed by atoms with Gasteiger partial charge in [-0.3, -0.25) is 4.79 Å². The lowest BCUT2D eigenvalue weighted by molar-refractivity contribution is 0.0982. The van der Waals surface area contributed by atoms with Crippen molar-refractivity contribution in [3.8, 4) is 0 Å². The number of carbonyl (C=O) groups is 1. The van der Waals surface area contributed by atoms with Crippen LogP contribution in [-0.2, 0) is 0 Å². The Hall–Kier alpha value is -0.240. The van der Waals surface area contributed by atoms with Crippen molar-refractivity contribution in [2.75, 3.05) is 5.88 Å². The average Bonchev–Trinajstić information content (AvgIpc) is 2.18. The molecule has 1 aromatic carbocycles. The van der Waals surface area contributed by atoms with Crippen molar-refractivity contribution in [1.29, 1.82) is 0 Å². The Balaban J connectivity index is 2.83. The zero-order chi connectivity index (χ0) is 10.6. The normalized spacial score (nSPS) is 10.2. The van der Waals surface area contributed by atoms with E-state index in [9.17, 15) is 4.79 Å². The second-order valence-corrected chi connectivity index (χ2v) is 4.06. The first-order chi connectivity index (χ1) is 6.65. The van der Waals surface area contributed by atoms with Crippen LogP contribution >= 0.6 is 34.8 Å². The molecule has 0 radical (unpaired) electrons. The molecule has 1 aromatic rings. The molecule has 0 saturated heterocycles. The van der Waals surface area contributed by atoms with Crippen molar-refractivity contribution < 1.29 is 4.79 Å². The molecule has 0 aliphatic rings. The SMILES string of the molecule is O=C(CCCCl)c1cc(Cl)ccc1Cl. The number of alkyl halides is 1. The predicted octanol–water partition coefficient (Wildman–Crippen LogP) is 4.20. The van der Waals surface area contributed by atoms with E-state index in [2.05, 4.69) is 0 Å². The highest BCUT2D eigenvalue weighted by Crippen LogP contribution is 2.22. The van der Waals surface area contributed by atoms with Gasteiger partial charge in [0.1, 0.15) is 0 Å². The van der Waals surface area contributed by atoms with Crippen molar-refractivity contribution in [1.82, 2.24) is 0 Å². The van der Waals surface area contributed by atoms with Crippen molar-refractivity contribution >= 4 is 40.6 Å². The molecule has 0 fully saturated rings. The topological polar surface area (TPSA) is 17.1 Å². The van der Waals surface area contributed by atoms with E-state index >= 15 is 0 Å². The highest BCUT2D eigenvalue weighted by atomic mass is 35.5. The van der Waals surface area contributed by atoms with Gasteiger partial charge in [0.2, 0.25) is 0 Å². The molecule has 1 nitrogen and oxygen atoms in total. The molecule has 0 unspecified atom stereocenters. The molecular weight excluding hydrogens is 242 g/mol. The van der Waals surface area contributed by atoms with Crippen molar-refractivity contribution in [3.05, 3.63) is 33.8 Å². The Morgan fingerprint density at radius 3 is 2.64 bits per heavy atom. The summed E-state index contributed by atoms with van der Waals surface area (Å²) in [5, 5.41) is 0.956. The Morgan fingerprint density at radius 2 is 2.00 bits per heavy atom. The Bertz CT molecular complexity index is 336. The zero-order valence-electron chi connectivity index (χ0n) is 7.40. The second kappa shape index (κ2) is 5.59. The molecule has 0 aromatic heterocycles. The number of rotatable bonds is 4. The van der Waals surface area contributed by atoms with E-state index in [1.807, 2.05) is 0 Å². The van der Waals surface area contributed by atoms with E-state index in [4.69, 9.17) is 34.8 Å². The number of Topliss-reactive ketones (excluding diaryl/α,β-unsaturated/α-hetero) is 1. The third kappa shape index (κ3) is 3.16. The molecule has 76 valence electrons. The van der Waals surface area contributed by atoms with Gasteiger partial charge in [0.15, 0.2) is 5.78 Å². The zero-order valence-corrected chi connectivity index (χ0v) is 9.66. The summed E-state index contributed by atoms with van der Waals surface area (Å²) in [6, 6.07) is 4.86. The molecule has 0 saturated carbocycles. The van der Waals surface area contributed by atoms with Crippen molar-refractivity contribution in [2.24, 2.45) is 0 Å². The number of ketones is 1. The average molecular weight is 252 g/mol. The van der Waals surface area contributed by atoms with Gasteiger partial charge in [-0.2, -0.15) is 0 Å². The summed E-state index contributed by atoms with van der Waals surface area (Å²) >= 11 is 17.1. The highest BCUT2D eigenvalue weighted by molar-refractivity contribution is 6.35. The van der Waals surface area contributed by atoms with Crippen LogP contribution in [0.25, 0.3) is 0 Å². The summed E-state index contributed by atoms with van der Waals surface area (Å²) in [5.41, 5.74) is 0.476. The van der Waals surface area contributed by atoms with Crippen LogP contribution in [0.1, 0.15) is 23.2 Å². The Kier molecular flexibility index (Phi) is 4.73. The van der Waals surface area contributed by atoms with Crippen LogP contribution in [0.5, 0.6) is 0 Å². The minimum Gasteiger partial charge on any atom is -0.294 e. The van der Waals surface area contributed by atoms with Gasteiger partial charge in [0.05, 0.1) is 5.02 Å². The molecule has 0 N–H and O–H groups in total. The Labute approximate surface area is 98.0 Å². The first-order valence-electron chi connectivity index (χ1n) is 4.19. The lowest BCUT2D eigenvalue weighted by atomic mass is 10.1. The summed E-state index contributed by atoms with van der Waals surface area (Å²) in [5.74, 6) is 0.461. The third-order valence-corrected chi connectivity index (χ3v) is 2.60. The van der Waals surface area contributed by atoms with Crippen LogP contribution in [0.15, 0.2) is 18.2 Å². The van der Waals surface area contributed by atoms with E-state index in [1.165, 1.54) is 0 Å². The van der Waals surface area contributed by atoms with Gasteiger partial charge >= 0.3 is 0 Å². The van der Waals surface area contributed by atoms with Crippen LogP contribution in [0.2, 0.25) is 10.0 Å². The second-order valence-electron chi connectivity index (χ2n) is 2.84. The smallest absolute Gasteiger partial charge is 0.164 e. The molecule has 0 aliphatic heterocycles. The summed E-state index contributed by atoms with van der Waals surface area (Å²) in [7, 11) is 0. The molecule has 14 heavy (non-hydrogen) atoms. The largest absolute Gasteiger partial charge is 0.294 e. The Morgan fingerprint density at radius 1 is 1.29 bits per heavy atom. The fourth-order valence-electron chi connectivity index (χ4n) is 1.07. The molecule has 4 heteroatoms. The molecule has 0 heterocycles. The molecule has 0 bridgehead atoms. The lowest BCUT2D eigenvalue weighted by Gasteiger charge is -2.02. The molecule has 0 amide bonds. The van der Waals surface area contributed by atoms with Crippen molar-refractivity contribution in [3.63, 3.8) is 0 Å². The van der Waals surface area contributed by atoms with Crippen LogP contribution in [0.3, 0.4) is 0 Å². The molecule has 0 spiro atoms. The van der Waals surface area contributed by atoms with Gasteiger partial charge in [0.25, 0.3) is 0 Å². The highest BCUT2D eigenvalue weighted by Gasteiger charge is 2.10. The number of hydrogen-bond donors (Lipinski definition) is 0. The summed E-state index contributed by atoms with van der Waals surface area (Å²) in [6.07, 6.45) is 1.06. The van der Waals surface area contributed by atoms with Crippen LogP contribution in [-0.4, -0.2) is 11.7 Å². The molecule has 0 aliphatic carbocycles. The van der Waals surface area contributed by atoms with Crippen LogP contribution < -0.4 is 0 Å². The number of carbonyl (C=O) groups excluding carboxylic acids is 1. The maximum atomic E-state index is 11.6. The summed E-state index contributed by atoms with van der Waals surface area (Å²) in [4.78, 5) is 11.6. The van der Waals surface area contributed by atoms with Gasteiger partial charge < -0.3 is 0 Å². The van der Waals surface area contributed by atoms with E-state index in [1.54, 1.807) is 18.2 Å². The maximum Gasteiger partial charge on any atom is 0.164 e. The quantitative estimate of drug-likeness (QED) is 0.579. The van der Waals surface area contributed by atoms with E-state index < -0.39 is 0 Å². The number of halogens is 3. The van der Waals surface area contributed by atoms with Gasteiger partial charge in [0, 0.05) is 22.9 Å². The first-order valence-corrected chi connectivity index (χ1v) is 5.48. The van der Waals surface area contributed by atoms with E-state index in [0.717, 1.165) is 0 Å². The van der Waals surface area contributed by atoms with Crippen molar-refractivity contribution in [2.45, 2.75) is 12.8 Å². The summed E-state index contributed by atoms with van der Waals surface area (Å²) in [6.45, 7) is 0. The predicted molar refractivity (Wildman–Crippen MR) is 60.7 cm³/mol. The minimum atomic E-state index is -0.0156. The summed E-state index contributed by atoms with van der Waals surface area (Å²) < 4.78 is 0. The van der Waals surface area contributed by atoms with Gasteiger partial charge in [-0.1, -0.05) is 23.2 Å². The molecule has 1 rings (SSSR count). The van der Waals surface area contributed by atoms with Gasteiger partial charge in [-0.15, -0.1) is 11.6 Å². The number of benzene rings is 1. The van der Waals surface area contributed by atoms with Crippen LogP contribution in [0, 0.1) is 0 Å². The van der Waals surface area contributed by atoms with Gasteiger partial charge in [-0.05, 0) is 24.6 Å². The third-order valence-electron chi connectivity index (χ3n) is 1.77. The van der Waals surface area contributed by atoms with Gasteiger partial charge in [-0.25, -0.2) is 0 Å². The maximum absolute atomic E-state index is 11.6. The fourth-order valence-corrected chi connectivity index (χ4v) is 1.60. The minimum absolute atomic E-state index is 0.0156. The van der Waals surface area contributed by atoms with Crippen LogP contribution in [0.4, 0.5) is 0 Å². The lowest BCUT2D eigenvalue weighted by Crippen LogP contribution is -2.00. The molecule has 0 atom stereocenters. The number of hydrogen-bond acceptors (Lipinski definition) is 1. The first kappa shape index (κ1) is 11.8. The van der Waals surface area contributed by atoms with E-state index in [-0.39, 0.29) is 5.78 Å². The standard InChI is InChI=1S/C10H9Cl3O/c11-5-1-2-10(14)8-6-7(12)3-4-9(8)13/h3-4,6H,1-2,5H2. The fraction of sp³-hybridized carbons (Fsp3) is 0.300. The monoisotopic (exact) mass is 250 g/mol. The molecular formula is C10H9Cl3O.